The highest BCUT2D eigenvalue weighted by atomic mass is 31.2. The summed E-state index contributed by atoms with van der Waals surface area (Å²) in [5, 5.41) is 0. The SMILES string of the molecule is CN1CC(=O)N=C1OP(N)(=O)O. The Hall–Kier alpha value is -0.910. The van der Waals surface area contributed by atoms with Gasteiger partial charge in [-0.25, -0.2) is 10.1 Å². The molecule has 1 amide bonds. The van der Waals surface area contributed by atoms with E-state index in [4.69, 9.17) is 10.4 Å². The molecule has 3 N–H and O–H groups in total. The average molecular weight is 193 g/mol. The fraction of sp³-hybridized carbons (Fsp3) is 0.500. The Morgan fingerprint density at radius 3 is 2.75 bits per heavy atom. The lowest BCUT2D eigenvalue weighted by Gasteiger charge is -2.13. The van der Waals surface area contributed by atoms with Gasteiger partial charge < -0.3 is 14.3 Å². The van der Waals surface area contributed by atoms with Crippen molar-refractivity contribution in [3.8, 4) is 0 Å². The molecule has 1 aliphatic heterocycles. The number of hydrogen-bond acceptors (Lipinski definition) is 4. The maximum Gasteiger partial charge on any atom is 0.455 e. The van der Waals surface area contributed by atoms with Gasteiger partial charge in [0.1, 0.15) is 6.54 Å². The van der Waals surface area contributed by atoms with Crippen LogP contribution in [-0.2, 0) is 13.9 Å². The molecule has 7 nitrogen and oxygen atoms in total. The Balaban J connectivity index is 2.71. The number of nitrogens with two attached hydrogens (primary N) is 1. The van der Waals surface area contributed by atoms with Crippen LogP contribution in [0.5, 0.6) is 0 Å². The van der Waals surface area contributed by atoms with Crippen molar-refractivity contribution in [2.45, 2.75) is 0 Å². The molecule has 0 saturated carbocycles. The van der Waals surface area contributed by atoms with Gasteiger partial charge in [0.15, 0.2) is 0 Å². The van der Waals surface area contributed by atoms with Gasteiger partial charge in [0.25, 0.3) is 5.91 Å². The third kappa shape index (κ3) is 2.30. The largest absolute Gasteiger partial charge is 0.455 e. The molecule has 8 heteroatoms. The standard InChI is InChI=1S/C4H8N3O4P/c1-7-2-3(8)6-4(7)11-12(5,9)10/h2H2,1H3,(H3,5,9,10). The molecule has 68 valence electrons. The minimum absolute atomic E-state index is 0.0370. The summed E-state index contributed by atoms with van der Waals surface area (Å²) in [5.41, 5.74) is 4.69. The van der Waals surface area contributed by atoms with Gasteiger partial charge in [-0.15, -0.1) is 0 Å². The molecule has 0 radical (unpaired) electrons. The van der Waals surface area contributed by atoms with Crippen molar-refractivity contribution >= 4 is 19.7 Å². The topological polar surface area (TPSA) is 105 Å². The van der Waals surface area contributed by atoms with Crippen LogP contribution < -0.4 is 5.50 Å². The van der Waals surface area contributed by atoms with Gasteiger partial charge >= 0.3 is 13.8 Å². The molecule has 0 bridgehead atoms. The van der Waals surface area contributed by atoms with Crippen LogP contribution in [0.2, 0.25) is 0 Å². The van der Waals surface area contributed by atoms with E-state index in [1.54, 1.807) is 0 Å². The van der Waals surface area contributed by atoms with Crippen molar-refractivity contribution in [2.24, 2.45) is 10.5 Å². The summed E-state index contributed by atoms with van der Waals surface area (Å²) in [5.74, 6) is -0.430. The molecule has 1 rings (SSSR count). The third-order valence-electron chi connectivity index (χ3n) is 1.13. The van der Waals surface area contributed by atoms with E-state index >= 15 is 0 Å². The average Bonchev–Trinajstić information content (AvgIpc) is 2.06. The number of hydrogen-bond donors (Lipinski definition) is 2. The molecule has 1 aliphatic rings. The molecule has 0 spiro atoms. The first-order valence-corrected chi connectivity index (χ1v) is 4.67. The highest BCUT2D eigenvalue weighted by Gasteiger charge is 2.26. The summed E-state index contributed by atoms with van der Waals surface area (Å²) >= 11 is 0. The van der Waals surface area contributed by atoms with E-state index in [1.165, 1.54) is 11.9 Å². The van der Waals surface area contributed by atoms with Gasteiger partial charge in [0.2, 0.25) is 0 Å². The van der Waals surface area contributed by atoms with Gasteiger partial charge in [-0.2, -0.15) is 4.99 Å². The Labute approximate surface area is 68.4 Å². The zero-order valence-corrected chi connectivity index (χ0v) is 7.19. The number of carbonyl (C=O) groups excluding carboxylic acids is 1. The van der Waals surface area contributed by atoms with Crippen LogP contribution in [0.1, 0.15) is 0 Å². The first-order valence-electron chi connectivity index (χ1n) is 3.02. The van der Waals surface area contributed by atoms with Gasteiger partial charge in [-0.05, 0) is 0 Å². The van der Waals surface area contributed by atoms with Crippen LogP contribution in [0.3, 0.4) is 0 Å². The van der Waals surface area contributed by atoms with Crippen LogP contribution in [0.15, 0.2) is 4.99 Å². The third-order valence-corrected chi connectivity index (χ3v) is 1.56. The maximum absolute atomic E-state index is 10.6. The second kappa shape index (κ2) is 2.85. The lowest BCUT2D eigenvalue weighted by molar-refractivity contribution is -0.116. The second-order valence-corrected chi connectivity index (χ2v) is 3.61. The van der Waals surface area contributed by atoms with Crippen molar-refractivity contribution in [1.82, 2.24) is 4.90 Å². The predicted molar refractivity (Wildman–Crippen MR) is 40.2 cm³/mol. The minimum Gasteiger partial charge on any atom is -0.379 e. The molecule has 12 heavy (non-hydrogen) atoms. The Bertz CT molecular complexity index is 282. The molecule has 1 unspecified atom stereocenters. The number of rotatable bonds is 1. The number of amidine groups is 1. The van der Waals surface area contributed by atoms with Crippen LogP contribution >= 0.6 is 7.75 Å². The van der Waals surface area contributed by atoms with Crippen molar-refractivity contribution < 1.29 is 18.8 Å². The molecule has 0 aliphatic carbocycles. The number of aliphatic imine (C=N–C) groups is 1. The van der Waals surface area contributed by atoms with E-state index in [9.17, 15) is 9.36 Å². The van der Waals surface area contributed by atoms with Gasteiger partial charge in [0.05, 0.1) is 0 Å². The summed E-state index contributed by atoms with van der Waals surface area (Å²) in [6, 6.07) is -0.215. The maximum atomic E-state index is 10.6. The molecule has 1 atom stereocenters. The summed E-state index contributed by atoms with van der Waals surface area (Å²) < 4.78 is 14.8. The number of carbonyl (C=O) groups is 1. The van der Waals surface area contributed by atoms with Crippen LogP contribution in [0.4, 0.5) is 0 Å². The minimum atomic E-state index is -4.10. The number of amides is 1. The van der Waals surface area contributed by atoms with Crippen molar-refractivity contribution in [3.05, 3.63) is 0 Å². The number of likely N-dealkylation sites (N-methyl/N-ethyl adjacent to an activating group) is 1. The quantitative estimate of drug-likeness (QED) is 0.511. The Morgan fingerprint density at radius 1 is 1.83 bits per heavy atom. The Morgan fingerprint density at radius 2 is 2.42 bits per heavy atom. The van der Waals surface area contributed by atoms with Crippen molar-refractivity contribution in [2.75, 3.05) is 13.6 Å². The van der Waals surface area contributed by atoms with Crippen LogP contribution in [0.25, 0.3) is 0 Å². The van der Waals surface area contributed by atoms with E-state index in [-0.39, 0.29) is 12.6 Å². The smallest absolute Gasteiger partial charge is 0.379 e. The van der Waals surface area contributed by atoms with E-state index in [1.807, 2.05) is 0 Å². The normalized spacial score (nSPS) is 22.1. The summed E-state index contributed by atoms with van der Waals surface area (Å²) in [6.07, 6.45) is 0. The summed E-state index contributed by atoms with van der Waals surface area (Å²) in [4.78, 5) is 23.8. The first-order chi connectivity index (χ1) is 5.38. The van der Waals surface area contributed by atoms with Crippen molar-refractivity contribution in [3.63, 3.8) is 0 Å². The van der Waals surface area contributed by atoms with E-state index in [0.717, 1.165) is 0 Å². The van der Waals surface area contributed by atoms with E-state index in [2.05, 4.69) is 9.52 Å². The Kier molecular flexibility index (Phi) is 2.18. The van der Waals surface area contributed by atoms with Crippen LogP contribution in [0, 0.1) is 0 Å². The first kappa shape index (κ1) is 9.18. The van der Waals surface area contributed by atoms with Crippen LogP contribution in [-0.4, -0.2) is 35.3 Å². The number of nitrogens with zero attached hydrogens (tertiary/aromatic N) is 2. The summed E-state index contributed by atoms with van der Waals surface area (Å²) in [7, 11) is -2.60. The highest BCUT2D eigenvalue weighted by molar-refractivity contribution is 7.50. The zero-order chi connectivity index (χ0) is 9.35. The highest BCUT2D eigenvalue weighted by Crippen LogP contribution is 2.32. The van der Waals surface area contributed by atoms with Gasteiger partial charge in [0, 0.05) is 7.05 Å². The molecule has 0 aromatic carbocycles. The van der Waals surface area contributed by atoms with Gasteiger partial charge in [-0.1, -0.05) is 0 Å². The fourth-order valence-corrected chi connectivity index (χ4v) is 1.12. The molecule has 0 aromatic heterocycles. The predicted octanol–water partition coefficient (Wildman–Crippen LogP) is -1.11. The van der Waals surface area contributed by atoms with E-state index in [0.29, 0.717) is 0 Å². The molecule has 0 aromatic rings. The molecule has 0 saturated heterocycles. The zero-order valence-electron chi connectivity index (χ0n) is 6.30. The molecule has 1 heterocycles. The lowest BCUT2D eigenvalue weighted by atomic mass is 10.6. The molecular weight excluding hydrogens is 185 g/mol. The molecule has 0 fully saturated rings. The van der Waals surface area contributed by atoms with Crippen molar-refractivity contribution in [1.29, 1.82) is 0 Å². The lowest BCUT2D eigenvalue weighted by Crippen LogP contribution is -2.25. The monoisotopic (exact) mass is 193 g/mol. The molecular formula is C4H8N3O4P. The fourth-order valence-electron chi connectivity index (χ4n) is 0.705. The van der Waals surface area contributed by atoms with E-state index < -0.39 is 13.7 Å². The summed E-state index contributed by atoms with van der Waals surface area (Å²) in [6.45, 7) is 0.0370. The second-order valence-electron chi connectivity index (χ2n) is 2.30. The van der Waals surface area contributed by atoms with Gasteiger partial charge in [-0.3, -0.25) is 4.79 Å².